The zero-order valence-corrected chi connectivity index (χ0v) is 15.7. The van der Waals surface area contributed by atoms with Crippen LogP contribution in [-0.2, 0) is 9.84 Å². The molecule has 0 saturated carbocycles. The molecule has 1 fully saturated rings. The molecule has 0 unspecified atom stereocenters. The Hall–Kier alpha value is -2.38. The van der Waals surface area contributed by atoms with Gasteiger partial charge < -0.3 is 10.7 Å². The molecule has 1 heterocycles. The molecule has 3 rings (SSSR count). The summed E-state index contributed by atoms with van der Waals surface area (Å²) in [6.45, 7) is 4.41. The van der Waals surface area contributed by atoms with Crippen LogP contribution in [0, 0.1) is 0 Å². The second-order valence-corrected chi connectivity index (χ2v) is 8.49. The predicted octanol–water partition coefficient (Wildman–Crippen LogP) is 1.58. The van der Waals surface area contributed by atoms with Gasteiger partial charge in [-0.15, -0.1) is 0 Å². The molecule has 138 valence electrons. The summed E-state index contributed by atoms with van der Waals surface area (Å²) in [5.74, 6) is 5.60. The molecule has 1 aliphatic heterocycles. The van der Waals surface area contributed by atoms with Gasteiger partial charge >= 0.3 is 0 Å². The van der Waals surface area contributed by atoms with E-state index >= 15 is 0 Å². The number of hydrogen-bond acceptors (Lipinski definition) is 6. The summed E-state index contributed by atoms with van der Waals surface area (Å²) in [4.78, 5) is 4.99. The minimum absolute atomic E-state index is 0.300. The van der Waals surface area contributed by atoms with E-state index in [2.05, 4.69) is 39.2 Å². The van der Waals surface area contributed by atoms with Crippen LogP contribution in [0.15, 0.2) is 64.6 Å². The zero-order chi connectivity index (χ0) is 18.6. The smallest absolute Gasteiger partial charge is 0.175 e. The normalized spacial score (nSPS) is 16.7. The second kappa shape index (κ2) is 7.88. The Balaban J connectivity index is 1.61. The van der Waals surface area contributed by atoms with E-state index in [-0.39, 0.29) is 0 Å². The number of benzene rings is 2. The monoisotopic (exact) mass is 372 g/mol. The van der Waals surface area contributed by atoms with Gasteiger partial charge in [-0.25, -0.2) is 8.42 Å². The average Bonchev–Trinajstić information content (AvgIpc) is 2.67. The van der Waals surface area contributed by atoms with Crippen molar-refractivity contribution in [2.75, 3.05) is 43.9 Å². The Morgan fingerprint density at radius 3 is 2.15 bits per heavy atom. The molecule has 6 nitrogen and oxygen atoms in total. The summed E-state index contributed by atoms with van der Waals surface area (Å²) in [5, 5.41) is 3.93. The first-order chi connectivity index (χ1) is 12.5. The van der Waals surface area contributed by atoms with Crippen molar-refractivity contribution in [1.29, 1.82) is 0 Å². The lowest BCUT2D eigenvalue weighted by Gasteiger charge is -2.36. The molecule has 0 atom stereocenters. The first kappa shape index (κ1) is 18.4. The van der Waals surface area contributed by atoms with Gasteiger partial charge in [0.05, 0.1) is 10.6 Å². The van der Waals surface area contributed by atoms with Crippen molar-refractivity contribution in [3.8, 4) is 0 Å². The second-order valence-electron chi connectivity index (χ2n) is 6.47. The first-order valence-electron chi connectivity index (χ1n) is 8.57. The highest BCUT2D eigenvalue weighted by Crippen LogP contribution is 2.16. The van der Waals surface area contributed by atoms with Crippen molar-refractivity contribution < 1.29 is 8.42 Å². The quantitative estimate of drug-likeness (QED) is 0.490. The van der Waals surface area contributed by atoms with E-state index in [4.69, 9.17) is 5.84 Å². The summed E-state index contributed by atoms with van der Waals surface area (Å²) in [6, 6.07) is 17.1. The molecule has 2 aromatic rings. The summed E-state index contributed by atoms with van der Waals surface area (Å²) < 4.78 is 23.2. The van der Waals surface area contributed by atoms with Gasteiger partial charge in [-0.3, -0.25) is 4.90 Å². The summed E-state index contributed by atoms with van der Waals surface area (Å²) in [5.41, 5.74) is 2.86. The van der Waals surface area contributed by atoms with Gasteiger partial charge in [-0.1, -0.05) is 30.3 Å². The molecule has 2 N–H and O–H groups in total. The molecule has 0 spiro atoms. The SMILES string of the molecule is CS(=O)(=O)c1ccc(/C(CN2CCN(c3ccccc3)CC2)=N\N)cc1. The topological polar surface area (TPSA) is 79.0 Å². The molecule has 7 heteroatoms. The lowest BCUT2D eigenvalue weighted by Crippen LogP contribution is -2.48. The van der Waals surface area contributed by atoms with Crippen LogP contribution in [0.2, 0.25) is 0 Å². The van der Waals surface area contributed by atoms with E-state index in [1.54, 1.807) is 24.3 Å². The third kappa shape index (κ3) is 4.42. The first-order valence-corrected chi connectivity index (χ1v) is 10.5. The van der Waals surface area contributed by atoms with Crippen molar-refractivity contribution in [1.82, 2.24) is 4.90 Å². The van der Waals surface area contributed by atoms with Crippen molar-refractivity contribution in [3.63, 3.8) is 0 Å². The Morgan fingerprint density at radius 1 is 1.00 bits per heavy atom. The molecular formula is C19H24N4O2S. The van der Waals surface area contributed by atoms with Crippen LogP contribution >= 0.6 is 0 Å². The molecule has 26 heavy (non-hydrogen) atoms. The average molecular weight is 372 g/mol. The van der Waals surface area contributed by atoms with Crippen molar-refractivity contribution in [2.24, 2.45) is 10.9 Å². The number of nitrogens with zero attached hydrogens (tertiary/aromatic N) is 3. The van der Waals surface area contributed by atoms with Crippen LogP contribution in [0.4, 0.5) is 5.69 Å². The van der Waals surface area contributed by atoms with Gasteiger partial charge in [0.25, 0.3) is 0 Å². The highest BCUT2D eigenvalue weighted by molar-refractivity contribution is 7.90. The van der Waals surface area contributed by atoms with Gasteiger partial charge in [0.15, 0.2) is 9.84 Å². The standard InChI is InChI=1S/C19H24N4O2S/c1-26(24,25)18-9-7-16(8-10-18)19(21-20)15-22-11-13-23(14-12-22)17-5-3-2-4-6-17/h2-10H,11-15,20H2,1H3/b21-19-. The largest absolute Gasteiger partial charge is 0.369 e. The van der Waals surface area contributed by atoms with Gasteiger partial charge in [0.2, 0.25) is 0 Å². The van der Waals surface area contributed by atoms with Crippen LogP contribution in [-0.4, -0.2) is 58.0 Å². The molecule has 1 saturated heterocycles. The van der Waals surface area contributed by atoms with E-state index in [9.17, 15) is 8.42 Å². The van der Waals surface area contributed by atoms with E-state index in [0.29, 0.717) is 11.4 Å². The lowest BCUT2D eigenvalue weighted by atomic mass is 10.1. The molecule has 0 bridgehead atoms. The van der Waals surface area contributed by atoms with Crippen LogP contribution < -0.4 is 10.7 Å². The highest BCUT2D eigenvalue weighted by atomic mass is 32.2. The number of piperazine rings is 1. The summed E-state index contributed by atoms with van der Waals surface area (Å²) in [7, 11) is -3.20. The van der Waals surface area contributed by atoms with Gasteiger partial charge in [-0.2, -0.15) is 5.10 Å². The number of hydrazone groups is 1. The van der Waals surface area contributed by atoms with Crippen LogP contribution in [0.25, 0.3) is 0 Å². The molecule has 0 amide bonds. The zero-order valence-electron chi connectivity index (χ0n) is 14.9. The fourth-order valence-electron chi connectivity index (χ4n) is 3.12. The highest BCUT2D eigenvalue weighted by Gasteiger charge is 2.19. The van der Waals surface area contributed by atoms with E-state index < -0.39 is 9.84 Å². The summed E-state index contributed by atoms with van der Waals surface area (Å²) in [6.07, 6.45) is 1.20. The minimum Gasteiger partial charge on any atom is -0.369 e. The number of rotatable bonds is 5. The minimum atomic E-state index is -3.20. The fourth-order valence-corrected chi connectivity index (χ4v) is 3.75. The maximum absolute atomic E-state index is 11.6. The van der Waals surface area contributed by atoms with E-state index in [1.807, 2.05) is 6.07 Å². The lowest BCUT2D eigenvalue weighted by molar-refractivity contribution is 0.292. The number of hydrogen-bond donors (Lipinski definition) is 1. The number of nitrogens with two attached hydrogens (primary N) is 1. The van der Waals surface area contributed by atoms with Crippen LogP contribution in [0.3, 0.4) is 0 Å². The molecule has 0 radical (unpaired) electrons. The Kier molecular flexibility index (Phi) is 5.58. The van der Waals surface area contributed by atoms with Gasteiger partial charge in [0, 0.05) is 44.7 Å². The van der Waals surface area contributed by atoms with E-state index in [0.717, 1.165) is 37.5 Å². The van der Waals surface area contributed by atoms with Gasteiger partial charge in [0.1, 0.15) is 0 Å². The molecule has 1 aliphatic rings. The Bertz CT molecular complexity index is 856. The predicted molar refractivity (Wildman–Crippen MR) is 105 cm³/mol. The number of sulfone groups is 1. The maximum atomic E-state index is 11.6. The van der Waals surface area contributed by atoms with Crippen molar-refractivity contribution in [3.05, 3.63) is 60.2 Å². The van der Waals surface area contributed by atoms with Crippen LogP contribution in [0.5, 0.6) is 0 Å². The Morgan fingerprint density at radius 2 is 1.62 bits per heavy atom. The third-order valence-electron chi connectivity index (χ3n) is 4.64. The summed E-state index contributed by atoms with van der Waals surface area (Å²) >= 11 is 0. The number of anilines is 1. The fraction of sp³-hybridized carbons (Fsp3) is 0.316. The third-order valence-corrected chi connectivity index (χ3v) is 5.77. The molecule has 0 aliphatic carbocycles. The molecule has 0 aromatic heterocycles. The number of para-hydroxylation sites is 1. The van der Waals surface area contributed by atoms with Crippen molar-refractivity contribution in [2.45, 2.75) is 4.90 Å². The molecule has 2 aromatic carbocycles. The van der Waals surface area contributed by atoms with E-state index in [1.165, 1.54) is 11.9 Å². The van der Waals surface area contributed by atoms with Crippen molar-refractivity contribution >= 4 is 21.2 Å². The van der Waals surface area contributed by atoms with Crippen LogP contribution in [0.1, 0.15) is 5.56 Å². The molecular weight excluding hydrogens is 348 g/mol. The van der Waals surface area contributed by atoms with Gasteiger partial charge in [-0.05, 0) is 29.8 Å². The maximum Gasteiger partial charge on any atom is 0.175 e. The Labute approximate surface area is 154 Å².